The number of phosphoric acid groups is 1. The van der Waals surface area contributed by atoms with Gasteiger partial charge in [0.2, 0.25) is 88.6 Å². The van der Waals surface area contributed by atoms with Crippen molar-refractivity contribution in [3.8, 4) is 0 Å². The fourth-order valence-electron chi connectivity index (χ4n) is 9.39. The molecule has 0 aromatic heterocycles. The van der Waals surface area contributed by atoms with Crippen LogP contribution in [0.1, 0.15) is 126 Å². The van der Waals surface area contributed by atoms with Gasteiger partial charge in [-0.2, -0.15) is 0 Å². The number of rotatable bonds is 46. The van der Waals surface area contributed by atoms with E-state index in [-0.39, 0.29) is 57.6 Å². The third-order valence-corrected chi connectivity index (χ3v) is 15.2. The second-order valence-electron chi connectivity index (χ2n) is 24.1. The lowest BCUT2D eigenvalue weighted by Gasteiger charge is -2.30. The molecule has 0 spiro atoms. The van der Waals surface area contributed by atoms with Crippen LogP contribution in [-0.2, 0) is 90.6 Å². The van der Waals surface area contributed by atoms with E-state index in [4.69, 9.17) is 34.4 Å². The molecule has 1 aliphatic heterocycles. The monoisotopic (exact) mass is 1450 g/mol. The number of amides is 15. The third-order valence-electron chi connectivity index (χ3n) is 14.7. The van der Waals surface area contributed by atoms with E-state index in [9.17, 15) is 111 Å². The molecule has 0 aromatic carbocycles. The number of nitrogens with one attached hydrogen (secondary N) is 11. The Labute approximate surface area is 573 Å². The maximum absolute atomic E-state index is 14.4. The van der Waals surface area contributed by atoms with E-state index in [1.54, 1.807) is 13.8 Å². The standard InChI is InChI=1S/C56H96N19O24P/c1-24(2)20-33(70-52(92)36(23-99-100(96,97)98)73-48(88)32(14-17-41(81)82)67-45(85)27(6)64-50(90)34(21-39(59)78)71-46(86)31(13-16-40(79)80)66-44(84)26(5)57)51(91)68-29(10-8-18-63-56(61)62)49(89)74-42(25(3)4)54(94)65-28(7)55(95)75-19-9-11-37(75)53(93)69-30(12-15-38(58)77)47(87)72-35(22-76)43(60)83/h24-37,42,76H,8-23,57H2,1-7H3,(H2,58,77)(H2,59,78)(H2,60,83)(H,64,90)(H,65,94)(H,66,84)(H,67,85)(H,68,91)(H,69,93)(H,70,92)(H,71,86)(H,72,87)(H,73,88)(H,74,89)(H,79,80)(H,81,82)(H4,61,62,63)(H2,96,97,98)/t26-,27-,28-,29-,30-,31-,32-,33-,34-,35-,36-,37-,42-/m0/s1. The van der Waals surface area contributed by atoms with Crippen LogP contribution in [0.5, 0.6) is 0 Å². The second kappa shape index (κ2) is 43.0. The third kappa shape index (κ3) is 33.2. The second-order valence-corrected chi connectivity index (χ2v) is 25.4. The number of carboxylic acid groups (broad SMARTS) is 2. The molecule has 43 nitrogen and oxygen atoms in total. The first-order valence-electron chi connectivity index (χ1n) is 31.5. The number of likely N-dealkylation sites (tertiary alicyclic amines) is 1. The largest absolute Gasteiger partial charge is 0.481 e. The molecule has 564 valence electrons. The molecule has 1 rings (SSSR count). The lowest BCUT2D eigenvalue weighted by atomic mass is 10.00. The summed E-state index contributed by atoms with van der Waals surface area (Å²) in [6, 6.07) is -21.1. The Morgan fingerprint density at radius 3 is 1.44 bits per heavy atom. The summed E-state index contributed by atoms with van der Waals surface area (Å²) in [4.78, 5) is 247. The normalized spacial score (nSPS) is 16.4. The molecule has 0 bridgehead atoms. The minimum atomic E-state index is -5.52. The van der Waals surface area contributed by atoms with Crippen molar-refractivity contribution >= 4 is 114 Å². The van der Waals surface area contributed by atoms with Crippen molar-refractivity contribution in [1.82, 2.24) is 63.4 Å². The van der Waals surface area contributed by atoms with Crippen LogP contribution in [0.3, 0.4) is 0 Å². The van der Waals surface area contributed by atoms with Gasteiger partial charge in [-0.05, 0) is 84.0 Å². The Bertz CT molecular complexity index is 3040. The highest BCUT2D eigenvalue weighted by Gasteiger charge is 2.41. The van der Waals surface area contributed by atoms with Gasteiger partial charge in [0.05, 0.1) is 25.7 Å². The van der Waals surface area contributed by atoms with Crippen LogP contribution in [0.2, 0.25) is 0 Å². The number of carboxylic acids is 2. The van der Waals surface area contributed by atoms with E-state index in [0.717, 1.165) is 11.8 Å². The van der Waals surface area contributed by atoms with Crippen molar-refractivity contribution in [2.45, 2.75) is 204 Å². The zero-order chi connectivity index (χ0) is 76.6. The van der Waals surface area contributed by atoms with Gasteiger partial charge in [0, 0.05) is 32.4 Å². The zero-order valence-corrected chi connectivity index (χ0v) is 57.2. The van der Waals surface area contributed by atoms with Gasteiger partial charge in [0.25, 0.3) is 0 Å². The van der Waals surface area contributed by atoms with Gasteiger partial charge >= 0.3 is 19.8 Å². The SMILES string of the molecule is CC(C)C[C@H](NC(=O)[C@H](COP(=O)(O)O)NC(=O)[C@H](CCC(=O)O)NC(=O)[C@H](C)NC(=O)[C@H](CC(N)=O)NC(=O)[C@H](CCC(=O)O)NC(=O)[C@H](C)N)C(=O)N[C@@H](CCCN=C(N)N)C(=O)N[C@H](C(=O)N[C@@H](C)C(=O)N1CCC[C@H]1C(=O)N[C@@H](CCC(N)=O)C(=O)N[C@@H](CO)C(N)=O)C(C)C. The number of primary amides is 3. The molecule has 13 atom stereocenters. The summed E-state index contributed by atoms with van der Waals surface area (Å²) in [5.41, 5.74) is 32.3. The molecule has 0 aliphatic carbocycles. The average Bonchev–Trinajstić information content (AvgIpc) is 1.56. The van der Waals surface area contributed by atoms with Crippen LogP contribution in [-0.4, -0.2) is 241 Å². The van der Waals surface area contributed by atoms with Gasteiger partial charge in [-0.3, -0.25) is 91.0 Å². The number of aliphatic hydroxyl groups excluding tert-OH is 1. The number of aliphatic imine (C=N–C) groups is 1. The van der Waals surface area contributed by atoms with Crippen molar-refractivity contribution in [2.75, 3.05) is 26.3 Å². The quantitative estimate of drug-likeness (QED) is 0.0116. The number of carbonyl (C=O) groups excluding carboxylic acids is 15. The van der Waals surface area contributed by atoms with E-state index < -0.39 is 250 Å². The van der Waals surface area contributed by atoms with E-state index in [2.05, 4.69) is 68.0 Å². The molecule has 0 unspecified atom stereocenters. The summed E-state index contributed by atoms with van der Waals surface area (Å²) in [6.45, 7) is 7.36. The average molecular weight is 1450 g/mol. The number of carbonyl (C=O) groups is 17. The highest BCUT2D eigenvalue weighted by Crippen LogP contribution is 2.35. The lowest BCUT2D eigenvalue weighted by molar-refractivity contribution is -0.142. The number of phosphoric ester groups is 1. The highest BCUT2D eigenvalue weighted by atomic mass is 31.2. The molecule has 1 aliphatic rings. The van der Waals surface area contributed by atoms with Crippen molar-refractivity contribution < 1.29 is 116 Å². The maximum Gasteiger partial charge on any atom is 0.469 e. The fraction of sp³-hybridized carbons (Fsp3) is 0.679. The van der Waals surface area contributed by atoms with Crippen LogP contribution < -0.4 is 92.9 Å². The van der Waals surface area contributed by atoms with Crippen molar-refractivity contribution in [2.24, 2.45) is 51.2 Å². The molecule has 28 N–H and O–H groups in total. The van der Waals surface area contributed by atoms with Gasteiger partial charge in [-0.1, -0.05) is 27.7 Å². The topological polar surface area (TPSA) is 722 Å². The van der Waals surface area contributed by atoms with E-state index in [0.29, 0.717) is 0 Å². The summed E-state index contributed by atoms with van der Waals surface area (Å²) < 4.78 is 16.6. The molecular weight excluding hydrogens is 1350 g/mol. The van der Waals surface area contributed by atoms with Gasteiger partial charge < -0.3 is 123 Å². The summed E-state index contributed by atoms with van der Waals surface area (Å²) in [6.07, 6.45) is -4.78. The molecular formula is C56H96N19O24P. The molecule has 44 heteroatoms. The Kier molecular flexibility index (Phi) is 37.9. The van der Waals surface area contributed by atoms with E-state index in [1.807, 2.05) is 0 Å². The number of guanidine groups is 1. The Morgan fingerprint density at radius 2 is 0.960 bits per heavy atom. The summed E-state index contributed by atoms with van der Waals surface area (Å²) in [5, 5.41) is 53.4. The smallest absolute Gasteiger partial charge is 0.469 e. The number of nitrogens with zero attached hydrogens (tertiary/aromatic N) is 2. The van der Waals surface area contributed by atoms with Crippen LogP contribution in [0.25, 0.3) is 0 Å². The summed E-state index contributed by atoms with van der Waals surface area (Å²) in [7, 11) is -5.52. The van der Waals surface area contributed by atoms with Gasteiger partial charge in [0.15, 0.2) is 5.96 Å². The van der Waals surface area contributed by atoms with Crippen molar-refractivity contribution in [3.05, 3.63) is 0 Å². The van der Waals surface area contributed by atoms with Crippen molar-refractivity contribution in [3.63, 3.8) is 0 Å². The summed E-state index contributed by atoms with van der Waals surface area (Å²) >= 11 is 0. The molecule has 0 saturated carbocycles. The molecule has 100 heavy (non-hydrogen) atoms. The van der Waals surface area contributed by atoms with Crippen LogP contribution in [0, 0.1) is 11.8 Å². The van der Waals surface area contributed by atoms with Crippen molar-refractivity contribution in [1.29, 1.82) is 0 Å². The predicted octanol–water partition coefficient (Wildman–Crippen LogP) is -10.1. The molecule has 1 saturated heterocycles. The van der Waals surface area contributed by atoms with Gasteiger partial charge in [-0.25, -0.2) is 4.57 Å². The molecule has 1 fully saturated rings. The summed E-state index contributed by atoms with van der Waals surface area (Å²) in [5.74, 6) is -20.9. The molecule has 1 heterocycles. The van der Waals surface area contributed by atoms with Crippen LogP contribution >= 0.6 is 7.82 Å². The number of aliphatic carboxylic acids is 2. The minimum absolute atomic E-state index is 0.00982. The highest BCUT2D eigenvalue weighted by molar-refractivity contribution is 7.46. The first-order chi connectivity index (χ1) is 46.4. The molecule has 0 radical (unpaired) electrons. The Balaban J connectivity index is 3.58. The number of hydrogen-bond donors (Lipinski definition) is 22. The number of aliphatic hydroxyl groups is 1. The van der Waals surface area contributed by atoms with Gasteiger partial charge in [-0.15, -0.1) is 0 Å². The fourth-order valence-corrected chi connectivity index (χ4v) is 9.73. The van der Waals surface area contributed by atoms with E-state index in [1.165, 1.54) is 27.7 Å². The van der Waals surface area contributed by atoms with Crippen LogP contribution in [0.4, 0.5) is 0 Å². The molecule has 15 amide bonds. The van der Waals surface area contributed by atoms with E-state index >= 15 is 0 Å². The van der Waals surface area contributed by atoms with Gasteiger partial charge in [0.1, 0.15) is 72.5 Å². The maximum atomic E-state index is 14.4. The predicted molar refractivity (Wildman–Crippen MR) is 345 cm³/mol. The van der Waals surface area contributed by atoms with Crippen LogP contribution in [0.15, 0.2) is 4.99 Å². The lowest BCUT2D eigenvalue weighted by Crippen LogP contribution is -2.61. The first kappa shape index (κ1) is 88.3. The molecule has 0 aromatic rings. The Hall–Kier alpha value is -9.71. The minimum Gasteiger partial charge on any atom is -0.481 e. The Morgan fingerprint density at radius 1 is 0.520 bits per heavy atom. The first-order valence-corrected chi connectivity index (χ1v) is 33.0. The number of hydrogen-bond acceptors (Lipinski definition) is 22. The number of nitrogens with two attached hydrogens (primary N) is 6. The zero-order valence-electron chi connectivity index (χ0n) is 56.3.